The van der Waals surface area contributed by atoms with Crippen molar-refractivity contribution >= 4 is 0 Å². The monoisotopic (exact) mass is 504 g/mol. The Morgan fingerprint density at radius 2 is 1.45 bits per heavy atom. The van der Waals surface area contributed by atoms with Gasteiger partial charge in [0.25, 0.3) is 0 Å². The van der Waals surface area contributed by atoms with Crippen LogP contribution in [0, 0.1) is 29.6 Å². The van der Waals surface area contributed by atoms with E-state index < -0.39 is 17.5 Å². The predicted octanol–water partition coefficient (Wildman–Crippen LogP) is 7.85. The van der Waals surface area contributed by atoms with Gasteiger partial charge in [-0.15, -0.1) is 12.1 Å². The Labute approximate surface area is 209 Å². The standard InChI is InChI=1S/C26H30F3O.Y/c1-18-7-9-19(10-8-18)20-11-13-21(14-12-20)22-15-16-24(25(27)17-22)26(28,29)30-23-5-3-2-4-6-23;/h3-6,15-21H,7-14H2,1H3;/q-1;+3. The van der Waals surface area contributed by atoms with Crippen molar-refractivity contribution in [2.24, 2.45) is 17.8 Å². The molecule has 0 heterocycles. The van der Waals surface area contributed by atoms with E-state index in [1.54, 1.807) is 6.07 Å². The molecule has 4 rings (SSSR count). The predicted molar refractivity (Wildman–Crippen MR) is 112 cm³/mol. The summed E-state index contributed by atoms with van der Waals surface area (Å²) in [6.45, 7) is 2.35. The summed E-state index contributed by atoms with van der Waals surface area (Å²) in [6, 6.07) is 12.6. The van der Waals surface area contributed by atoms with E-state index in [4.69, 9.17) is 4.74 Å². The minimum Gasteiger partial charge on any atom is -0.455 e. The van der Waals surface area contributed by atoms with Crippen LogP contribution in [0.5, 0.6) is 5.75 Å². The fourth-order valence-corrected chi connectivity index (χ4v) is 5.35. The fraction of sp³-hybridized carbons (Fsp3) is 0.538. The van der Waals surface area contributed by atoms with E-state index >= 15 is 0 Å². The SMILES string of the molecule is CC1CCC(C2CCC(c3ccc(C(F)(F)Oc4cc[c-]cc4)c(F)c3)CC2)CC1.[Y+3]. The number of hydrogen-bond acceptors (Lipinski definition) is 1. The van der Waals surface area contributed by atoms with Crippen molar-refractivity contribution in [3.63, 3.8) is 0 Å². The molecule has 0 aliphatic heterocycles. The third kappa shape index (κ3) is 6.13. The van der Waals surface area contributed by atoms with Crippen molar-refractivity contribution in [3.8, 4) is 5.75 Å². The van der Waals surface area contributed by atoms with Gasteiger partial charge in [0.15, 0.2) is 0 Å². The summed E-state index contributed by atoms with van der Waals surface area (Å²) < 4.78 is 48.4. The number of rotatable bonds is 5. The summed E-state index contributed by atoms with van der Waals surface area (Å²) in [5.74, 6) is 1.82. The van der Waals surface area contributed by atoms with E-state index in [2.05, 4.69) is 13.0 Å². The Morgan fingerprint density at radius 3 is 2.03 bits per heavy atom. The second kappa shape index (κ2) is 10.8. The molecule has 2 aromatic rings. The third-order valence-electron chi connectivity index (χ3n) is 7.21. The summed E-state index contributed by atoms with van der Waals surface area (Å²) in [5, 5.41) is 0. The Kier molecular flexibility index (Phi) is 8.66. The van der Waals surface area contributed by atoms with Crippen molar-refractivity contribution in [2.45, 2.75) is 70.3 Å². The van der Waals surface area contributed by atoms with Crippen LogP contribution < -0.4 is 4.74 Å². The van der Waals surface area contributed by atoms with Crippen LogP contribution in [-0.4, -0.2) is 0 Å². The van der Waals surface area contributed by atoms with Gasteiger partial charge >= 0.3 is 38.8 Å². The first-order valence-corrected chi connectivity index (χ1v) is 11.2. The van der Waals surface area contributed by atoms with E-state index in [1.165, 1.54) is 62.1 Å². The summed E-state index contributed by atoms with van der Waals surface area (Å²) in [7, 11) is 0. The van der Waals surface area contributed by atoms with Crippen LogP contribution in [0.1, 0.15) is 75.3 Å². The molecule has 2 fully saturated rings. The summed E-state index contributed by atoms with van der Waals surface area (Å²) >= 11 is 0. The molecule has 0 aromatic heterocycles. The molecule has 2 saturated carbocycles. The Balaban J connectivity index is 0.00000272. The van der Waals surface area contributed by atoms with Crippen LogP contribution in [0.4, 0.5) is 13.2 Å². The first-order valence-electron chi connectivity index (χ1n) is 11.2. The van der Waals surface area contributed by atoms with E-state index in [9.17, 15) is 13.2 Å². The first-order chi connectivity index (χ1) is 14.4. The zero-order chi connectivity index (χ0) is 21.1. The fourth-order valence-electron chi connectivity index (χ4n) is 5.35. The number of alkyl halides is 2. The summed E-state index contributed by atoms with van der Waals surface area (Å²) in [6.07, 6.45) is 6.01. The largest absolute Gasteiger partial charge is 3.00 e. The maximum absolute atomic E-state index is 14.6. The first kappa shape index (κ1) is 24.8. The molecule has 0 unspecified atom stereocenters. The van der Waals surface area contributed by atoms with Gasteiger partial charge in [-0.1, -0.05) is 25.8 Å². The number of ether oxygens (including phenoxy) is 1. The van der Waals surface area contributed by atoms with Crippen LogP contribution in [-0.2, 0) is 38.8 Å². The molecule has 1 nitrogen and oxygen atoms in total. The normalized spacial score (nSPS) is 26.7. The molecule has 2 aliphatic rings. The Bertz CT molecular complexity index is 826. The van der Waals surface area contributed by atoms with Gasteiger partial charge in [-0.05, 0) is 79.9 Å². The molecule has 0 N–H and O–H groups in total. The molecule has 0 radical (unpaired) electrons. The maximum Gasteiger partial charge on any atom is 3.00 e. The molecule has 5 heteroatoms. The molecular weight excluding hydrogens is 474 g/mol. The maximum atomic E-state index is 14.6. The molecule has 0 saturated heterocycles. The minimum absolute atomic E-state index is 0. The van der Waals surface area contributed by atoms with Crippen LogP contribution >= 0.6 is 0 Å². The van der Waals surface area contributed by atoms with E-state index in [0.29, 0.717) is 0 Å². The van der Waals surface area contributed by atoms with Crippen molar-refractivity contribution < 1.29 is 50.6 Å². The van der Waals surface area contributed by atoms with Gasteiger partial charge < -0.3 is 4.74 Å². The Morgan fingerprint density at radius 1 is 0.871 bits per heavy atom. The Hall–Kier alpha value is -0.866. The average Bonchev–Trinajstić information content (AvgIpc) is 2.74. The topological polar surface area (TPSA) is 9.23 Å². The molecule has 0 amide bonds. The number of hydrogen-bond donors (Lipinski definition) is 0. The van der Waals surface area contributed by atoms with Gasteiger partial charge in [-0.3, -0.25) is 0 Å². The van der Waals surface area contributed by atoms with Crippen LogP contribution in [0.3, 0.4) is 0 Å². The quantitative estimate of drug-likeness (QED) is 0.377. The average molecular weight is 504 g/mol. The van der Waals surface area contributed by atoms with Crippen LogP contribution in [0.25, 0.3) is 0 Å². The molecule has 2 aromatic carbocycles. The summed E-state index contributed by atoms with van der Waals surface area (Å²) in [4.78, 5) is 0. The van der Waals surface area contributed by atoms with Gasteiger partial charge in [0, 0.05) is 5.75 Å². The van der Waals surface area contributed by atoms with Gasteiger partial charge in [-0.25, -0.2) is 4.39 Å². The van der Waals surface area contributed by atoms with Crippen molar-refractivity contribution in [1.29, 1.82) is 0 Å². The molecule has 0 atom stereocenters. The zero-order valence-electron chi connectivity index (χ0n) is 18.1. The van der Waals surface area contributed by atoms with Gasteiger partial charge in [0.1, 0.15) is 5.82 Å². The van der Waals surface area contributed by atoms with Gasteiger partial charge in [0.2, 0.25) is 0 Å². The van der Waals surface area contributed by atoms with Crippen molar-refractivity contribution in [3.05, 3.63) is 65.5 Å². The zero-order valence-corrected chi connectivity index (χ0v) is 21.0. The van der Waals surface area contributed by atoms with Crippen molar-refractivity contribution in [2.75, 3.05) is 0 Å². The van der Waals surface area contributed by atoms with E-state index in [-0.39, 0.29) is 44.4 Å². The van der Waals surface area contributed by atoms with E-state index in [0.717, 1.165) is 49.0 Å². The molecule has 2 aliphatic carbocycles. The molecule has 162 valence electrons. The molecule has 0 bridgehead atoms. The van der Waals surface area contributed by atoms with Gasteiger partial charge in [-0.2, -0.15) is 27.0 Å². The number of halogens is 3. The molecular formula is C26H30F3OY+2. The van der Waals surface area contributed by atoms with E-state index in [1.807, 2.05) is 0 Å². The minimum atomic E-state index is -3.72. The van der Waals surface area contributed by atoms with Crippen LogP contribution in [0.2, 0.25) is 0 Å². The smallest absolute Gasteiger partial charge is 0.455 e. The third-order valence-corrected chi connectivity index (χ3v) is 7.21. The second-order valence-electron chi connectivity index (χ2n) is 9.23. The van der Waals surface area contributed by atoms with Gasteiger partial charge in [0.05, 0.1) is 5.56 Å². The number of benzene rings is 2. The van der Waals surface area contributed by atoms with Crippen molar-refractivity contribution in [1.82, 2.24) is 0 Å². The summed E-state index contributed by atoms with van der Waals surface area (Å²) in [5.41, 5.74) is 0.112. The second-order valence-corrected chi connectivity index (χ2v) is 9.23. The molecule has 31 heavy (non-hydrogen) atoms. The van der Waals surface area contributed by atoms with Crippen LogP contribution in [0.15, 0.2) is 42.5 Å². The molecule has 0 spiro atoms.